The second-order valence-corrected chi connectivity index (χ2v) is 6.66. The Labute approximate surface area is 148 Å². The largest absolute Gasteiger partial charge is 0.507 e. The summed E-state index contributed by atoms with van der Waals surface area (Å²) in [6.07, 6.45) is 2.55. The molecular formula is C21H25NO3. The summed E-state index contributed by atoms with van der Waals surface area (Å²) in [4.78, 5) is 14.8. The molecular weight excluding hydrogens is 314 g/mol. The molecule has 2 N–H and O–H groups in total. The molecule has 0 aliphatic carbocycles. The predicted octanol–water partition coefficient (Wildman–Crippen LogP) is 3.68. The molecule has 3 rings (SSSR count). The third-order valence-electron chi connectivity index (χ3n) is 5.02. The van der Waals surface area contributed by atoms with Gasteiger partial charge >= 0.3 is 0 Å². The third kappa shape index (κ3) is 3.85. The summed E-state index contributed by atoms with van der Waals surface area (Å²) in [5.74, 6) is -0.119. The minimum absolute atomic E-state index is 0.00705. The maximum Gasteiger partial charge on any atom is 0.257 e. The molecule has 1 heterocycles. The third-order valence-corrected chi connectivity index (χ3v) is 5.02. The van der Waals surface area contributed by atoms with Crippen molar-refractivity contribution in [2.45, 2.75) is 44.8 Å². The molecule has 0 bridgehead atoms. The van der Waals surface area contributed by atoms with Gasteiger partial charge in [0.05, 0.1) is 11.7 Å². The number of phenolic OH excluding ortho intramolecular Hbond substituents is 1. The van der Waals surface area contributed by atoms with Gasteiger partial charge in [0.1, 0.15) is 5.75 Å². The Morgan fingerprint density at radius 2 is 2.00 bits per heavy atom. The van der Waals surface area contributed by atoms with Crippen molar-refractivity contribution < 1.29 is 15.0 Å². The van der Waals surface area contributed by atoms with Crippen molar-refractivity contribution in [2.75, 3.05) is 6.54 Å². The highest BCUT2D eigenvalue weighted by Crippen LogP contribution is 2.30. The van der Waals surface area contributed by atoms with Crippen molar-refractivity contribution in [1.82, 2.24) is 4.90 Å². The first-order valence-electron chi connectivity index (χ1n) is 8.96. The second kappa shape index (κ2) is 7.70. The summed E-state index contributed by atoms with van der Waals surface area (Å²) in [6, 6.07) is 14.8. The number of hydrogen-bond donors (Lipinski definition) is 2. The van der Waals surface area contributed by atoms with Crippen LogP contribution >= 0.6 is 0 Å². The topological polar surface area (TPSA) is 60.8 Å². The molecule has 0 spiro atoms. The zero-order valence-electron chi connectivity index (χ0n) is 14.6. The number of aliphatic hydroxyl groups excluding tert-OH is 1. The maximum absolute atomic E-state index is 12.9. The summed E-state index contributed by atoms with van der Waals surface area (Å²) in [7, 11) is 0. The van der Waals surface area contributed by atoms with E-state index in [0.717, 1.165) is 30.4 Å². The van der Waals surface area contributed by atoms with Crippen molar-refractivity contribution in [3.05, 3.63) is 65.2 Å². The second-order valence-electron chi connectivity index (χ2n) is 6.66. The summed E-state index contributed by atoms with van der Waals surface area (Å²) in [5.41, 5.74) is 2.26. The molecule has 1 amide bonds. The van der Waals surface area contributed by atoms with Crippen molar-refractivity contribution in [2.24, 2.45) is 0 Å². The number of hydrogen-bond acceptors (Lipinski definition) is 3. The van der Waals surface area contributed by atoms with Crippen molar-refractivity contribution in [1.29, 1.82) is 0 Å². The maximum atomic E-state index is 12.9. The Morgan fingerprint density at radius 3 is 2.72 bits per heavy atom. The number of nitrogens with zero attached hydrogens (tertiary/aromatic N) is 1. The highest BCUT2D eigenvalue weighted by molar-refractivity contribution is 5.97. The summed E-state index contributed by atoms with van der Waals surface area (Å²) in [6.45, 7) is 2.69. The van der Waals surface area contributed by atoms with Crippen LogP contribution in [0.2, 0.25) is 0 Å². The normalized spacial score (nSPS) is 18.3. The molecule has 2 unspecified atom stereocenters. The van der Waals surface area contributed by atoms with E-state index in [-0.39, 0.29) is 17.7 Å². The van der Waals surface area contributed by atoms with E-state index in [1.54, 1.807) is 17.0 Å². The molecule has 0 saturated carbocycles. The number of rotatable bonds is 5. The molecule has 25 heavy (non-hydrogen) atoms. The van der Waals surface area contributed by atoms with Crippen LogP contribution in [-0.2, 0) is 6.42 Å². The van der Waals surface area contributed by atoms with E-state index in [0.29, 0.717) is 18.5 Å². The van der Waals surface area contributed by atoms with Crippen LogP contribution in [0, 0.1) is 0 Å². The van der Waals surface area contributed by atoms with Gasteiger partial charge in [-0.1, -0.05) is 43.3 Å². The Hall–Kier alpha value is -2.33. The lowest BCUT2D eigenvalue weighted by Crippen LogP contribution is -2.36. The van der Waals surface area contributed by atoms with Crippen LogP contribution in [0.3, 0.4) is 0 Å². The summed E-state index contributed by atoms with van der Waals surface area (Å²) < 4.78 is 0. The zero-order valence-corrected chi connectivity index (χ0v) is 14.6. The molecule has 132 valence electrons. The van der Waals surface area contributed by atoms with Crippen LogP contribution in [0.25, 0.3) is 0 Å². The molecule has 1 aliphatic heterocycles. The molecule has 0 radical (unpaired) electrons. The molecule has 2 aromatic rings. The quantitative estimate of drug-likeness (QED) is 0.873. The monoisotopic (exact) mass is 339 g/mol. The van der Waals surface area contributed by atoms with E-state index in [4.69, 9.17) is 0 Å². The number of carbonyl (C=O) groups is 1. The molecule has 2 atom stereocenters. The van der Waals surface area contributed by atoms with Crippen LogP contribution in [-0.4, -0.2) is 33.6 Å². The number of aromatic hydroxyl groups is 1. The smallest absolute Gasteiger partial charge is 0.257 e. The number of aliphatic hydroxyl groups is 1. The minimum atomic E-state index is -0.588. The van der Waals surface area contributed by atoms with Gasteiger partial charge in [-0.3, -0.25) is 4.79 Å². The van der Waals surface area contributed by atoms with E-state index in [1.165, 1.54) is 0 Å². The fourth-order valence-electron chi connectivity index (χ4n) is 3.55. The van der Waals surface area contributed by atoms with Gasteiger partial charge < -0.3 is 15.1 Å². The lowest BCUT2D eigenvalue weighted by molar-refractivity contribution is 0.0664. The van der Waals surface area contributed by atoms with Gasteiger partial charge in [-0.2, -0.15) is 0 Å². The summed E-state index contributed by atoms with van der Waals surface area (Å²) >= 11 is 0. The standard InChI is InChI=1S/C21H25NO3/c1-2-15-10-11-19(23)18(13-15)21(25)22-12-6-9-17(22)14-20(24)16-7-4-3-5-8-16/h3-5,7-8,10-11,13,17,20,23-24H,2,6,9,12,14H2,1H3. The number of aryl methyl sites for hydroxylation is 1. The van der Waals surface area contributed by atoms with Crippen LogP contribution in [0.15, 0.2) is 48.5 Å². The Morgan fingerprint density at radius 1 is 1.24 bits per heavy atom. The van der Waals surface area contributed by atoms with E-state index < -0.39 is 6.10 Å². The number of likely N-dealkylation sites (tertiary alicyclic amines) is 1. The van der Waals surface area contributed by atoms with Crippen LogP contribution < -0.4 is 0 Å². The van der Waals surface area contributed by atoms with E-state index in [1.807, 2.05) is 43.3 Å². The number of amides is 1. The first kappa shape index (κ1) is 17.5. The van der Waals surface area contributed by atoms with Crippen molar-refractivity contribution in [3.63, 3.8) is 0 Å². The van der Waals surface area contributed by atoms with E-state index in [2.05, 4.69) is 0 Å². The van der Waals surface area contributed by atoms with Crippen molar-refractivity contribution >= 4 is 5.91 Å². The summed E-state index contributed by atoms with van der Waals surface area (Å²) in [5, 5.41) is 20.6. The molecule has 2 aromatic carbocycles. The molecule has 1 fully saturated rings. The molecule has 0 aromatic heterocycles. The van der Waals surface area contributed by atoms with Gasteiger partial charge in [0.2, 0.25) is 0 Å². The minimum Gasteiger partial charge on any atom is -0.507 e. The highest BCUT2D eigenvalue weighted by Gasteiger charge is 2.32. The molecule has 4 heteroatoms. The zero-order chi connectivity index (χ0) is 17.8. The SMILES string of the molecule is CCc1ccc(O)c(C(=O)N2CCCC2CC(O)c2ccccc2)c1. The van der Waals surface area contributed by atoms with Crippen LogP contribution in [0.5, 0.6) is 5.75 Å². The van der Waals surface area contributed by atoms with Crippen molar-refractivity contribution in [3.8, 4) is 5.75 Å². The average Bonchev–Trinajstić information content (AvgIpc) is 3.10. The Kier molecular flexibility index (Phi) is 5.39. The highest BCUT2D eigenvalue weighted by atomic mass is 16.3. The van der Waals surface area contributed by atoms with Gasteiger partial charge in [-0.05, 0) is 48.9 Å². The first-order valence-corrected chi connectivity index (χ1v) is 8.96. The number of carbonyl (C=O) groups excluding carboxylic acids is 1. The average molecular weight is 339 g/mol. The fourth-order valence-corrected chi connectivity index (χ4v) is 3.55. The van der Waals surface area contributed by atoms with Gasteiger partial charge in [0.15, 0.2) is 0 Å². The van der Waals surface area contributed by atoms with Gasteiger partial charge in [-0.15, -0.1) is 0 Å². The van der Waals surface area contributed by atoms with E-state index >= 15 is 0 Å². The van der Waals surface area contributed by atoms with Crippen LogP contribution in [0.4, 0.5) is 0 Å². The Bertz CT molecular complexity index is 729. The van der Waals surface area contributed by atoms with E-state index in [9.17, 15) is 15.0 Å². The number of phenols is 1. The lowest BCUT2D eigenvalue weighted by atomic mass is 10.00. The fraction of sp³-hybridized carbons (Fsp3) is 0.381. The van der Waals surface area contributed by atoms with Gasteiger partial charge in [-0.25, -0.2) is 0 Å². The van der Waals surface area contributed by atoms with Crippen LogP contribution in [0.1, 0.15) is 53.8 Å². The lowest BCUT2D eigenvalue weighted by Gasteiger charge is -2.27. The number of benzene rings is 2. The van der Waals surface area contributed by atoms with Gasteiger partial charge in [0, 0.05) is 12.6 Å². The molecule has 1 saturated heterocycles. The van der Waals surface area contributed by atoms with Gasteiger partial charge in [0.25, 0.3) is 5.91 Å². The predicted molar refractivity (Wildman–Crippen MR) is 97.6 cm³/mol. The first-order chi connectivity index (χ1) is 12.1. The molecule has 1 aliphatic rings. The Balaban J connectivity index is 1.76. The molecule has 4 nitrogen and oxygen atoms in total.